The largest absolute Gasteiger partial charge is 0.350 e. The Hall–Kier alpha value is -2.69. The van der Waals surface area contributed by atoms with E-state index < -0.39 is 0 Å². The Morgan fingerprint density at radius 2 is 1.79 bits per heavy atom. The van der Waals surface area contributed by atoms with E-state index >= 15 is 0 Å². The molecule has 0 saturated carbocycles. The second-order valence-electron chi connectivity index (χ2n) is 5.85. The van der Waals surface area contributed by atoms with E-state index in [0.29, 0.717) is 17.7 Å². The van der Waals surface area contributed by atoms with Gasteiger partial charge in [-0.05, 0) is 37.5 Å². The van der Waals surface area contributed by atoms with Gasteiger partial charge in [0.15, 0.2) is 0 Å². The molecule has 0 radical (unpaired) electrons. The quantitative estimate of drug-likeness (QED) is 0.858. The van der Waals surface area contributed by atoms with Crippen molar-refractivity contribution >= 4 is 11.8 Å². The molecule has 5 nitrogen and oxygen atoms in total. The van der Waals surface area contributed by atoms with Crippen molar-refractivity contribution in [3.05, 3.63) is 65.0 Å². The molecular weight excluding hydrogens is 302 g/mol. The first-order valence-corrected chi connectivity index (χ1v) is 8.10. The van der Waals surface area contributed by atoms with Gasteiger partial charge in [0.2, 0.25) is 0 Å². The van der Waals surface area contributed by atoms with Crippen LogP contribution in [0.1, 0.15) is 52.1 Å². The molecule has 2 rings (SSSR count). The van der Waals surface area contributed by atoms with E-state index in [9.17, 15) is 9.59 Å². The molecule has 0 saturated heterocycles. The number of aromatic nitrogens is 1. The van der Waals surface area contributed by atoms with Gasteiger partial charge in [-0.15, -0.1) is 0 Å². The van der Waals surface area contributed by atoms with Gasteiger partial charge in [0.05, 0.1) is 11.1 Å². The molecule has 0 bridgehead atoms. The smallest absolute Gasteiger partial charge is 0.253 e. The van der Waals surface area contributed by atoms with E-state index in [2.05, 4.69) is 15.6 Å². The third kappa shape index (κ3) is 4.65. The first-order chi connectivity index (χ1) is 11.5. The molecule has 1 heterocycles. The minimum atomic E-state index is -0.246. The number of rotatable bonds is 6. The Balaban J connectivity index is 2.03. The highest BCUT2D eigenvalue weighted by atomic mass is 16.2. The van der Waals surface area contributed by atoms with Crippen LogP contribution in [0.15, 0.2) is 42.7 Å². The zero-order valence-corrected chi connectivity index (χ0v) is 14.3. The second-order valence-corrected chi connectivity index (χ2v) is 5.85. The van der Waals surface area contributed by atoms with Gasteiger partial charge in [-0.2, -0.15) is 0 Å². The van der Waals surface area contributed by atoms with E-state index in [1.807, 2.05) is 45.0 Å². The average Bonchev–Trinajstić information content (AvgIpc) is 2.60. The first kappa shape index (κ1) is 17.7. The number of carbonyl (C=O) groups is 2. The molecule has 0 aliphatic heterocycles. The number of hydrogen-bond acceptors (Lipinski definition) is 3. The predicted molar refractivity (Wildman–Crippen MR) is 93.8 cm³/mol. The fourth-order valence-corrected chi connectivity index (χ4v) is 2.18. The molecule has 0 fully saturated rings. The summed E-state index contributed by atoms with van der Waals surface area (Å²) in [6.07, 6.45) is 3.78. The zero-order valence-electron chi connectivity index (χ0n) is 14.3. The molecule has 126 valence electrons. The van der Waals surface area contributed by atoms with Crippen molar-refractivity contribution in [3.63, 3.8) is 0 Å². The third-order valence-electron chi connectivity index (χ3n) is 3.95. The van der Waals surface area contributed by atoms with E-state index in [1.165, 1.54) is 12.4 Å². The Kier molecular flexibility index (Phi) is 6.07. The van der Waals surface area contributed by atoms with Gasteiger partial charge in [-0.25, -0.2) is 0 Å². The van der Waals surface area contributed by atoms with Crippen molar-refractivity contribution in [3.8, 4) is 0 Å². The number of amides is 2. The van der Waals surface area contributed by atoms with Crippen LogP contribution in [0.25, 0.3) is 0 Å². The van der Waals surface area contributed by atoms with Crippen LogP contribution in [0.2, 0.25) is 0 Å². The lowest BCUT2D eigenvalue weighted by atomic mass is 10.1. The first-order valence-electron chi connectivity index (χ1n) is 8.10. The summed E-state index contributed by atoms with van der Waals surface area (Å²) < 4.78 is 0. The highest BCUT2D eigenvalue weighted by Crippen LogP contribution is 2.08. The maximum Gasteiger partial charge on any atom is 0.253 e. The number of carbonyl (C=O) groups excluding carboxylic acids is 2. The summed E-state index contributed by atoms with van der Waals surface area (Å²) in [5.74, 6) is -0.464. The molecule has 2 amide bonds. The second kappa shape index (κ2) is 8.24. The van der Waals surface area contributed by atoms with Gasteiger partial charge < -0.3 is 10.6 Å². The van der Waals surface area contributed by atoms with Crippen LogP contribution in [0, 0.1) is 6.92 Å². The molecule has 0 aliphatic carbocycles. The molecule has 0 spiro atoms. The Morgan fingerprint density at radius 3 is 2.46 bits per heavy atom. The Bertz CT molecular complexity index is 728. The highest BCUT2D eigenvalue weighted by molar-refractivity contribution is 5.99. The van der Waals surface area contributed by atoms with E-state index in [-0.39, 0.29) is 17.9 Å². The molecule has 1 aromatic heterocycles. The predicted octanol–water partition coefficient (Wildman–Crippen LogP) is 2.85. The lowest BCUT2D eigenvalue weighted by molar-refractivity contribution is 0.0939. The molecule has 1 unspecified atom stereocenters. The van der Waals surface area contributed by atoms with Gasteiger partial charge in [-0.3, -0.25) is 14.6 Å². The van der Waals surface area contributed by atoms with E-state index in [4.69, 9.17) is 0 Å². The minimum absolute atomic E-state index is 0.0797. The van der Waals surface area contributed by atoms with Crippen molar-refractivity contribution in [1.29, 1.82) is 0 Å². The number of hydrogen-bond donors (Lipinski definition) is 2. The minimum Gasteiger partial charge on any atom is -0.350 e. The maximum absolute atomic E-state index is 12.3. The number of nitrogens with one attached hydrogen (secondary N) is 2. The number of aryl methyl sites for hydroxylation is 1. The Morgan fingerprint density at radius 1 is 1.12 bits per heavy atom. The standard InChI is InChI=1S/C19H23N3O2/c1-4-14(3)22-19(24)17-9-16(10-20-11-17)18(23)21-12-15-8-6-5-7-13(15)2/h5-11,14H,4,12H2,1-3H3,(H,21,23)(H,22,24). The van der Waals surface area contributed by atoms with Crippen molar-refractivity contribution in [1.82, 2.24) is 15.6 Å². The van der Waals surface area contributed by atoms with Gasteiger partial charge in [-0.1, -0.05) is 31.2 Å². The topological polar surface area (TPSA) is 71.1 Å². The number of pyridine rings is 1. The van der Waals surface area contributed by atoms with Crippen molar-refractivity contribution in [2.45, 2.75) is 39.8 Å². The van der Waals surface area contributed by atoms with Crippen LogP contribution >= 0.6 is 0 Å². The lowest BCUT2D eigenvalue weighted by Gasteiger charge is -2.12. The average molecular weight is 325 g/mol. The summed E-state index contributed by atoms with van der Waals surface area (Å²) >= 11 is 0. The highest BCUT2D eigenvalue weighted by Gasteiger charge is 2.13. The Labute approximate surface area is 142 Å². The molecule has 5 heteroatoms. The third-order valence-corrected chi connectivity index (χ3v) is 3.95. The number of benzene rings is 1. The summed E-state index contributed by atoms with van der Waals surface area (Å²) in [5, 5.41) is 5.73. The van der Waals surface area contributed by atoms with Crippen LogP contribution in [0.4, 0.5) is 0 Å². The summed E-state index contributed by atoms with van der Waals surface area (Å²) in [5.41, 5.74) is 2.95. The summed E-state index contributed by atoms with van der Waals surface area (Å²) in [6.45, 7) is 6.38. The monoisotopic (exact) mass is 325 g/mol. The van der Waals surface area contributed by atoms with Crippen molar-refractivity contribution in [2.75, 3.05) is 0 Å². The van der Waals surface area contributed by atoms with Crippen LogP contribution in [0.5, 0.6) is 0 Å². The van der Waals surface area contributed by atoms with Crippen LogP contribution in [-0.2, 0) is 6.54 Å². The zero-order chi connectivity index (χ0) is 17.5. The van der Waals surface area contributed by atoms with Crippen LogP contribution in [0.3, 0.4) is 0 Å². The van der Waals surface area contributed by atoms with Crippen LogP contribution < -0.4 is 10.6 Å². The maximum atomic E-state index is 12.3. The van der Waals surface area contributed by atoms with Gasteiger partial charge >= 0.3 is 0 Å². The molecule has 0 aliphatic rings. The number of nitrogens with zero attached hydrogens (tertiary/aromatic N) is 1. The molecule has 1 aromatic carbocycles. The fourth-order valence-electron chi connectivity index (χ4n) is 2.18. The SMILES string of the molecule is CCC(C)NC(=O)c1cncc(C(=O)NCc2ccccc2C)c1. The van der Waals surface area contributed by atoms with Gasteiger partial charge in [0, 0.05) is 25.0 Å². The summed E-state index contributed by atoms with van der Waals surface area (Å²) in [7, 11) is 0. The molecule has 24 heavy (non-hydrogen) atoms. The van der Waals surface area contributed by atoms with Crippen LogP contribution in [-0.4, -0.2) is 22.8 Å². The molecule has 2 aromatic rings. The van der Waals surface area contributed by atoms with Gasteiger partial charge in [0.25, 0.3) is 11.8 Å². The summed E-state index contributed by atoms with van der Waals surface area (Å²) in [4.78, 5) is 28.4. The van der Waals surface area contributed by atoms with Crippen molar-refractivity contribution < 1.29 is 9.59 Å². The summed E-state index contributed by atoms with van der Waals surface area (Å²) in [6, 6.07) is 9.53. The molecule has 2 N–H and O–H groups in total. The van der Waals surface area contributed by atoms with Gasteiger partial charge in [0.1, 0.15) is 0 Å². The lowest BCUT2D eigenvalue weighted by Crippen LogP contribution is -2.32. The fraction of sp³-hybridized carbons (Fsp3) is 0.316. The molecule has 1 atom stereocenters. The van der Waals surface area contributed by atoms with E-state index in [0.717, 1.165) is 17.5 Å². The molecular formula is C19H23N3O2. The van der Waals surface area contributed by atoms with Crippen molar-refractivity contribution in [2.24, 2.45) is 0 Å². The normalized spacial score (nSPS) is 11.6. The van der Waals surface area contributed by atoms with E-state index in [1.54, 1.807) is 6.07 Å².